The molecule has 13 nitrogen and oxygen atoms in total. The molecule has 0 amide bonds. The topological polar surface area (TPSA) is 263 Å². The number of aliphatic hydroxyl groups excluding tert-OH is 1. The molecule has 13 N–H and O–H groups in total. The summed E-state index contributed by atoms with van der Waals surface area (Å²) in [4.78, 5) is 0. The first-order valence-corrected chi connectivity index (χ1v) is 4.26. The van der Waals surface area contributed by atoms with Crippen molar-refractivity contribution in [3.63, 3.8) is 0 Å². The second kappa shape index (κ2) is 4.50. The zero-order valence-electron chi connectivity index (χ0n) is 8.89. The molecule has 0 bridgehead atoms. The van der Waals surface area contributed by atoms with Crippen LogP contribution >= 0.6 is 0 Å². The van der Waals surface area contributed by atoms with Crippen LogP contribution in [0.25, 0.3) is 0 Å². The van der Waals surface area contributed by atoms with Gasteiger partial charge in [0.1, 0.15) is 0 Å². The highest BCUT2D eigenvalue weighted by Gasteiger charge is 2.77. The zero-order valence-corrected chi connectivity index (χ0v) is 8.89. The average Bonchev–Trinajstić information content (AvgIpc) is 2.14. The molecule has 0 aliphatic rings. The second-order valence-corrected chi connectivity index (χ2v) is 3.75. The van der Waals surface area contributed by atoms with Crippen LogP contribution in [0.1, 0.15) is 0 Å². The number of hydrogen-bond donors (Lipinski definition) is 13. The molecular formula is C6H14O13. The first kappa shape index (κ1) is 18.5. The first-order chi connectivity index (χ1) is 7.94. The van der Waals surface area contributed by atoms with E-state index in [2.05, 4.69) is 0 Å². The summed E-state index contributed by atoms with van der Waals surface area (Å²) in [6.45, 7) is 0. The molecule has 0 unspecified atom stereocenters. The molecule has 13 heteroatoms. The van der Waals surface area contributed by atoms with E-state index in [1.165, 1.54) is 0 Å². The molecule has 0 radical (unpaired) electrons. The van der Waals surface area contributed by atoms with Gasteiger partial charge in [-0.2, -0.15) is 0 Å². The third-order valence-corrected chi connectivity index (χ3v) is 2.31. The Kier molecular flexibility index (Phi) is 4.38. The molecule has 0 heterocycles. The van der Waals surface area contributed by atoms with Gasteiger partial charge < -0.3 is 66.4 Å². The van der Waals surface area contributed by atoms with E-state index in [1.807, 2.05) is 0 Å². The maximum Gasteiger partial charge on any atom is 0.338 e. The maximum atomic E-state index is 9.02. The van der Waals surface area contributed by atoms with Gasteiger partial charge >= 0.3 is 11.8 Å². The van der Waals surface area contributed by atoms with E-state index >= 15 is 0 Å². The fourth-order valence-corrected chi connectivity index (χ4v) is 0.913. The van der Waals surface area contributed by atoms with Crippen molar-refractivity contribution in [1.29, 1.82) is 0 Å². The Labute approximate surface area is 103 Å². The third kappa shape index (κ3) is 2.43. The molecule has 0 saturated heterocycles. The molecule has 0 fully saturated rings. The van der Waals surface area contributed by atoms with Crippen molar-refractivity contribution < 1.29 is 66.4 Å². The molecule has 0 spiro atoms. The summed E-state index contributed by atoms with van der Waals surface area (Å²) >= 11 is 0. The van der Waals surface area contributed by atoms with Gasteiger partial charge in [0.2, 0.25) is 6.29 Å². The normalized spacial score (nSPS) is 16.1. The molecule has 0 rings (SSSR count). The summed E-state index contributed by atoms with van der Waals surface area (Å²) in [6, 6.07) is 0. The van der Waals surface area contributed by atoms with Crippen molar-refractivity contribution in [2.75, 3.05) is 0 Å². The Morgan fingerprint density at radius 3 is 1.00 bits per heavy atom. The van der Waals surface area contributed by atoms with Gasteiger partial charge in [-0.15, -0.1) is 0 Å². The maximum absolute atomic E-state index is 9.02. The minimum Gasteiger partial charge on any atom is -0.364 e. The molecule has 116 valence electrons. The predicted octanol–water partition coefficient (Wildman–Crippen LogP) is -8.35. The summed E-state index contributed by atoms with van der Waals surface area (Å²) in [7, 11) is 0. The van der Waals surface area contributed by atoms with Gasteiger partial charge in [0.05, 0.1) is 0 Å². The lowest BCUT2D eigenvalue weighted by Gasteiger charge is -2.48. The van der Waals surface area contributed by atoms with E-state index in [0.29, 0.717) is 0 Å². The molecular weight excluding hydrogens is 280 g/mol. The highest BCUT2D eigenvalue weighted by atomic mass is 16.8. The lowest BCUT2D eigenvalue weighted by Crippen LogP contribution is -2.82. The van der Waals surface area contributed by atoms with E-state index in [0.717, 1.165) is 0 Å². The number of aliphatic hydroxyl groups is 13. The van der Waals surface area contributed by atoms with E-state index in [1.54, 1.807) is 0 Å². The fourth-order valence-electron chi connectivity index (χ4n) is 0.913. The highest BCUT2D eigenvalue weighted by Crippen LogP contribution is 2.39. The van der Waals surface area contributed by atoms with Gasteiger partial charge in [-0.3, -0.25) is 0 Å². The molecule has 0 aromatic carbocycles. The Hall–Kier alpha value is -0.520. The number of rotatable bonds is 5. The monoisotopic (exact) mass is 294 g/mol. The van der Waals surface area contributed by atoms with E-state index in [9.17, 15) is 0 Å². The lowest BCUT2D eigenvalue weighted by molar-refractivity contribution is -0.573. The summed E-state index contributed by atoms with van der Waals surface area (Å²) in [5.74, 6) is -24.5. The smallest absolute Gasteiger partial charge is 0.338 e. The van der Waals surface area contributed by atoms with Crippen LogP contribution < -0.4 is 0 Å². The largest absolute Gasteiger partial charge is 0.364 e. The summed E-state index contributed by atoms with van der Waals surface area (Å²) in [6.07, 6.45) is -3.50. The highest BCUT2D eigenvalue weighted by molar-refractivity contribution is 5.03. The average molecular weight is 294 g/mol. The van der Waals surface area contributed by atoms with Crippen molar-refractivity contribution in [2.45, 2.75) is 35.4 Å². The molecule has 19 heavy (non-hydrogen) atoms. The van der Waals surface area contributed by atoms with Crippen molar-refractivity contribution in [1.82, 2.24) is 0 Å². The fraction of sp³-hybridized carbons (Fsp3) is 1.00. The zero-order chi connectivity index (χ0) is 16.1. The van der Waals surface area contributed by atoms with Crippen molar-refractivity contribution in [2.24, 2.45) is 0 Å². The Morgan fingerprint density at radius 1 is 0.474 bits per heavy atom. The van der Waals surface area contributed by atoms with Gasteiger partial charge in [-0.05, 0) is 0 Å². The van der Waals surface area contributed by atoms with Gasteiger partial charge in [0.25, 0.3) is 17.4 Å². The quantitative estimate of drug-likeness (QED) is 0.210. The molecule has 0 aromatic heterocycles. The standard InChI is InChI=1S/C6H14O13/c7-1(8)2(9,10)3(11,12)4(13,14)5(15,16)6(17,18)19/h1,7-19H. The van der Waals surface area contributed by atoms with E-state index < -0.39 is 35.4 Å². The predicted molar refractivity (Wildman–Crippen MR) is 46.3 cm³/mol. The lowest BCUT2D eigenvalue weighted by atomic mass is 9.87. The van der Waals surface area contributed by atoms with Crippen LogP contribution in [-0.2, 0) is 0 Å². The van der Waals surface area contributed by atoms with Gasteiger partial charge in [-0.25, -0.2) is 0 Å². The van der Waals surface area contributed by atoms with Crippen molar-refractivity contribution >= 4 is 0 Å². The van der Waals surface area contributed by atoms with Crippen LogP contribution in [0.4, 0.5) is 0 Å². The minimum absolute atomic E-state index is 3.50. The molecule has 0 aliphatic heterocycles. The first-order valence-electron chi connectivity index (χ1n) is 4.26. The summed E-state index contributed by atoms with van der Waals surface area (Å²) in [5, 5.41) is 114. The molecule has 0 aliphatic carbocycles. The van der Waals surface area contributed by atoms with Crippen LogP contribution in [0.15, 0.2) is 0 Å². The van der Waals surface area contributed by atoms with Crippen LogP contribution in [0.5, 0.6) is 0 Å². The Morgan fingerprint density at radius 2 is 0.789 bits per heavy atom. The Bertz CT molecular complexity index is 323. The molecule has 0 saturated carbocycles. The van der Waals surface area contributed by atoms with Gasteiger partial charge in [0.15, 0.2) is 0 Å². The van der Waals surface area contributed by atoms with Crippen LogP contribution in [0.2, 0.25) is 0 Å². The van der Waals surface area contributed by atoms with Crippen LogP contribution in [-0.4, -0.2) is 102 Å². The molecule has 0 aromatic rings. The van der Waals surface area contributed by atoms with E-state index in [4.69, 9.17) is 66.4 Å². The summed E-state index contributed by atoms with van der Waals surface area (Å²) < 4.78 is 0. The van der Waals surface area contributed by atoms with Crippen LogP contribution in [0.3, 0.4) is 0 Å². The summed E-state index contributed by atoms with van der Waals surface area (Å²) in [5.41, 5.74) is 0. The van der Waals surface area contributed by atoms with Crippen molar-refractivity contribution in [3.05, 3.63) is 0 Å². The third-order valence-electron chi connectivity index (χ3n) is 2.31. The Balaban J connectivity index is 5.92. The van der Waals surface area contributed by atoms with Gasteiger partial charge in [0, 0.05) is 0 Å². The van der Waals surface area contributed by atoms with Crippen LogP contribution in [0, 0.1) is 0 Å². The second-order valence-electron chi connectivity index (χ2n) is 3.75. The van der Waals surface area contributed by atoms with E-state index in [-0.39, 0.29) is 0 Å². The SMILES string of the molecule is OC(O)C(O)(O)C(O)(O)C(O)(O)C(O)(O)C(O)(O)O. The minimum atomic E-state index is -5.11. The number of hydrogen-bond acceptors (Lipinski definition) is 13. The van der Waals surface area contributed by atoms with Gasteiger partial charge in [-0.1, -0.05) is 0 Å². The van der Waals surface area contributed by atoms with Crippen molar-refractivity contribution in [3.8, 4) is 0 Å². The molecule has 0 atom stereocenters.